The van der Waals surface area contributed by atoms with Crippen LogP contribution in [0.3, 0.4) is 0 Å². The van der Waals surface area contributed by atoms with E-state index in [1.165, 1.54) is 5.56 Å². The van der Waals surface area contributed by atoms with E-state index in [9.17, 15) is 0 Å². The summed E-state index contributed by atoms with van der Waals surface area (Å²) in [6.07, 6.45) is 0.396. The van der Waals surface area contributed by atoms with Gasteiger partial charge in [0.1, 0.15) is 0 Å². The molecule has 6 heteroatoms. The molecule has 0 amide bonds. The smallest absolute Gasteiger partial charge is 0.214 e. The van der Waals surface area contributed by atoms with Gasteiger partial charge in [-0.25, -0.2) is 5.01 Å². The maximum absolute atomic E-state index is 6.57. The van der Waals surface area contributed by atoms with Gasteiger partial charge in [0.15, 0.2) is 23.0 Å². The van der Waals surface area contributed by atoms with E-state index in [-0.39, 0.29) is 12.3 Å². The highest BCUT2D eigenvalue weighted by atomic mass is 16.5. The summed E-state index contributed by atoms with van der Waals surface area (Å²) in [5.41, 5.74) is 5.42. The van der Waals surface area contributed by atoms with Crippen LogP contribution in [0.15, 0.2) is 65.8 Å². The molecule has 0 saturated carbocycles. The van der Waals surface area contributed by atoms with Gasteiger partial charge >= 0.3 is 0 Å². The second kappa shape index (κ2) is 8.93. The van der Waals surface area contributed by atoms with Crippen molar-refractivity contribution in [1.29, 1.82) is 0 Å². The number of hydrogen-bond acceptors (Lipinski definition) is 6. The lowest BCUT2D eigenvalue weighted by atomic mass is 9.95. The zero-order valence-corrected chi connectivity index (χ0v) is 20.2. The molecule has 0 fully saturated rings. The van der Waals surface area contributed by atoms with E-state index < -0.39 is 0 Å². The summed E-state index contributed by atoms with van der Waals surface area (Å²) in [4.78, 5) is 0. The van der Waals surface area contributed by atoms with Crippen molar-refractivity contribution in [2.45, 2.75) is 38.5 Å². The molecule has 0 aliphatic carbocycles. The molecule has 0 radical (unpaired) electrons. The molecule has 0 N–H and O–H groups in total. The van der Waals surface area contributed by atoms with Crippen molar-refractivity contribution in [1.82, 2.24) is 5.01 Å². The van der Waals surface area contributed by atoms with Crippen molar-refractivity contribution in [2.75, 3.05) is 21.3 Å². The van der Waals surface area contributed by atoms with Gasteiger partial charge in [0.05, 0.1) is 33.1 Å². The predicted molar refractivity (Wildman–Crippen MR) is 132 cm³/mol. The Kier molecular flexibility index (Phi) is 5.82. The van der Waals surface area contributed by atoms with Gasteiger partial charge in [0, 0.05) is 23.1 Å². The van der Waals surface area contributed by atoms with E-state index >= 15 is 0 Å². The minimum Gasteiger partial charge on any atom is -0.493 e. The largest absolute Gasteiger partial charge is 0.493 e. The molecule has 0 bridgehead atoms. The van der Waals surface area contributed by atoms with E-state index in [1.807, 2.05) is 30.3 Å². The lowest BCUT2D eigenvalue weighted by Crippen LogP contribution is -2.33. The van der Waals surface area contributed by atoms with Crippen LogP contribution in [0.2, 0.25) is 0 Å². The van der Waals surface area contributed by atoms with Crippen LogP contribution in [0.4, 0.5) is 0 Å². The minimum absolute atomic E-state index is 0.0386. The normalized spacial score (nSPS) is 18.6. The SMILES string of the molecule is COc1ccc(C2=NN3[C@@H](c4ccc(C(C)C)cc4)Oc4c(OC)cccc4[C@@H]3C2)cc1OC. The molecular weight excluding hydrogens is 428 g/mol. The molecule has 2 heterocycles. The average molecular weight is 459 g/mol. The third-order valence-corrected chi connectivity index (χ3v) is 6.61. The van der Waals surface area contributed by atoms with E-state index in [2.05, 4.69) is 49.2 Å². The Labute approximate surface area is 200 Å². The Bertz CT molecular complexity index is 1220. The topological polar surface area (TPSA) is 52.5 Å². The number of fused-ring (bicyclic) bond motifs is 3. The Morgan fingerprint density at radius 1 is 0.882 bits per heavy atom. The summed E-state index contributed by atoms with van der Waals surface area (Å²) in [6.45, 7) is 4.40. The van der Waals surface area contributed by atoms with Crippen LogP contribution in [0.25, 0.3) is 0 Å². The second-order valence-corrected chi connectivity index (χ2v) is 8.89. The van der Waals surface area contributed by atoms with Crippen molar-refractivity contribution in [2.24, 2.45) is 5.10 Å². The maximum Gasteiger partial charge on any atom is 0.214 e. The number of methoxy groups -OCH3 is 3. The Morgan fingerprint density at radius 2 is 1.62 bits per heavy atom. The minimum atomic E-state index is -0.354. The summed E-state index contributed by atoms with van der Waals surface area (Å²) in [7, 11) is 4.97. The summed E-state index contributed by atoms with van der Waals surface area (Å²) >= 11 is 0. The lowest BCUT2D eigenvalue weighted by molar-refractivity contribution is -0.0209. The molecule has 5 rings (SSSR count). The zero-order valence-electron chi connectivity index (χ0n) is 20.2. The Balaban J connectivity index is 1.58. The molecule has 34 heavy (non-hydrogen) atoms. The third kappa shape index (κ3) is 3.73. The number of ether oxygens (including phenoxy) is 4. The first-order valence-electron chi connectivity index (χ1n) is 11.6. The highest BCUT2D eigenvalue weighted by Crippen LogP contribution is 2.51. The van der Waals surface area contributed by atoms with E-state index in [0.717, 1.165) is 40.3 Å². The highest BCUT2D eigenvalue weighted by molar-refractivity contribution is 6.02. The second-order valence-electron chi connectivity index (χ2n) is 8.89. The third-order valence-electron chi connectivity index (χ3n) is 6.61. The van der Waals surface area contributed by atoms with Crippen LogP contribution in [-0.2, 0) is 0 Å². The fourth-order valence-corrected chi connectivity index (χ4v) is 4.70. The number of hydrazone groups is 1. The van der Waals surface area contributed by atoms with Gasteiger partial charge < -0.3 is 18.9 Å². The fraction of sp³-hybridized carbons (Fsp3) is 0.321. The molecule has 2 aliphatic rings. The summed E-state index contributed by atoms with van der Waals surface area (Å²) in [5, 5.41) is 7.15. The molecule has 3 aromatic carbocycles. The van der Waals surface area contributed by atoms with Crippen molar-refractivity contribution in [3.8, 4) is 23.0 Å². The van der Waals surface area contributed by atoms with Crippen LogP contribution in [0, 0.1) is 0 Å². The van der Waals surface area contributed by atoms with Gasteiger partial charge in [-0.1, -0.05) is 50.2 Å². The van der Waals surface area contributed by atoms with Gasteiger partial charge in [0.2, 0.25) is 6.23 Å². The van der Waals surface area contributed by atoms with Crippen LogP contribution >= 0.6 is 0 Å². The summed E-state index contributed by atoms with van der Waals surface area (Å²) < 4.78 is 23.2. The highest BCUT2D eigenvalue weighted by Gasteiger charge is 2.42. The van der Waals surface area contributed by atoms with Crippen molar-refractivity contribution < 1.29 is 18.9 Å². The van der Waals surface area contributed by atoms with Crippen molar-refractivity contribution in [3.05, 3.63) is 82.9 Å². The predicted octanol–water partition coefficient (Wildman–Crippen LogP) is 6.08. The van der Waals surface area contributed by atoms with Crippen LogP contribution in [-0.4, -0.2) is 32.0 Å². The zero-order chi connectivity index (χ0) is 23.8. The van der Waals surface area contributed by atoms with Gasteiger partial charge in [-0.05, 0) is 35.7 Å². The number of hydrogen-bond donors (Lipinski definition) is 0. The fourth-order valence-electron chi connectivity index (χ4n) is 4.70. The standard InChI is InChI=1S/C28H30N2O4/c1-17(2)18-9-11-19(12-10-18)28-30-23(21-7-6-8-25(32-4)27(21)34-28)16-22(29-30)20-13-14-24(31-3)26(15-20)33-5/h6-15,17,23,28H,16H2,1-5H3/t23-,28+/m0/s1. The molecule has 6 nitrogen and oxygen atoms in total. The van der Waals surface area contributed by atoms with Crippen molar-refractivity contribution in [3.63, 3.8) is 0 Å². The van der Waals surface area contributed by atoms with E-state index in [4.69, 9.17) is 24.0 Å². The Hall–Kier alpha value is -3.67. The first-order valence-corrected chi connectivity index (χ1v) is 11.6. The van der Waals surface area contributed by atoms with Gasteiger partial charge in [-0.15, -0.1) is 0 Å². The summed E-state index contributed by atoms with van der Waals surface area (Å²) in [5.74, 6) is 3.38. The van der Waals surface area contributed by atoms with Gasteiger partial charge in [-0.2, -0.15) is 5.10 Å². The molecule has 0 saturated heterocycles. The number of para-hydroxylation sites is 1. The maximum atomic E-state index is 6.57. The van der Waals surface area contributed by atoms with Crippen LogP contribution in [0.5, 0.6) is 23.0 Å². The number of benzene rings is 3. The molecule has 0 unspecified atom stereocenters. The van der Waals surface area contributed by atoms with E-state index in [1.54, 1.807) is 21.3 Å². The number of nitrogens with zero attached hydrogens (tertiary/aromatic N) is 2. The number of rotatable bonds is 6. The molecule has 0 spiro atoms. The average Bonchev–Trinajstić information content (AvgIpc) is 3.33. The van der Waals surface area contributed by atoms with Crippen LogP contribution in [0.1, 0.15) is 60.7 Å². The molecule has 0 aromatic heterocycles. The molecule has 2 aliphatic heterocycles. The molecule has 2 atom stereocenters. The Morgan fingerprint density at radius 3 is 2.29 bits per heavy atom. The quantitative estimate of drug-likeness (QED) is 0.448. The first kappa shape index (κ1) is 22.1. The first-order chi connectivity index (χ1) is 16.5. The van der Waals surface area contributed by atoms with Gasteiger partial charge in [0.25, 0.3) is 0 Å². The van der Waals surface area contributed by atoms with Gasteiger partial charge in [-0.3, -0.25) is 0 Å². The molecule has 176 valence electrons. The molecular formula is C28H30N2O4. The van der Waals surface area contributed by atoms with E-state index in [0.29, 0.717) is 17.4 Å². The summed E-state index contributed by atoms with van der Waals surface area (Å²) in [6, 6.07) is 20.6. The molecule has 3 aromatic rings. The lowest BCUT2D eigenvalue weighted by Gasteiger charge is -2.38. The monoisotopic (exact) mass is 458 g/mol. The van der Waals surface area contributed by atoms with Crippen molar-refractivity contribution >= 4 is 5.71 Å². The van der Waals surface area contributed by atoms with Crippen LogP contribution < -0.4 is 18.9 Å².